The van der Waals surface area contributed by atoms with E-state index in [1.807, 2.05) is 36.4 Å². The van der Waals surface area contributed by atoms with Crippen LogP contribution in [0.15, 0.2) is 54.6 Å². The number of rotatable bonds is 5. The van der Waals surface area contributed by atoms with Gasteiger partial charge in [0, 0.05) is 3.57 Å². The van der Waals surface area contributed by atoms with E-state index in [-0.39, 0.29) is 6.61 Å². The predicted octanol–water partition coefficient (Wildman–Crippen LogP) is 3.52. The van der Waals surface area contributed by atoms with Crippen LogP contribution in [0.2, 0.25) is 0 Å². The first kappa shape index (κ1) is 16.3. The molecule has 0 fully saturated rings. The summed E-state index contributed by atoms with van der Waals surface area (Å²) in [5.41, 5.74) is 1.36. The highest BCUT2D eigenvalue weighted by Crippen LogP contribution is 2.23. The summed E-state index contributed by atoms with van der Waals surface area (Å²) in [4.78, 5) is 24.4. The van der Waals surface area contributed by atoms with Crippen LogP contribution in [0, 0.1) is 3.57 Å². The van der Waals surface area contributed by atoms with Gasteiger partial charge in [-0.15, -0.1) is 0 Å². The van der Waals surface area contributed by atoms with E-state index in [0.29, 0.717) is 5.69 Å². The number of halogens is 1. The van der Waals surface area contributed by atoms with Gasteiger partial charge >= 0.3 is 12.1 Å². The summed E-state index contributed by atoms with van der Waals surface area (Å²) in [6.07, 6.45) is -0.685. The standard InChI is InChI=1S/C16H14INO4/c17-13-8-4-5-9-14(13)18(10-15(19)20)16(21)22-11-12-6-2-1-3-7-12/h1-9H,10-11H2,(H,19,20). The van der Waals surface area contributed by atoms with Gasteiger partial charge in [0.1, 0.15) is 13.2 Å². The van der Waals surface area contributed by atoms with Gasteiger partial charge in [-0.2, -0.15) is 0 Å². The van der Waals surface area contributed by atoms with E-state index in [9.17, 15) is 9.59 Å². The van der Waals surface area contributed by atoms with Crippen molar-refractivity contribution in [1.82, 2.24) is 0 Å². The van der Waals surface area contributed by atoms with Crippen molar-refractivity contribution < 1.29 is 19.4 Å². The molecule has 0 aliphatic rings. The van der Waals surface area contributed by atoms with Crippen molar-refractivity contribution in [1.29, 1.82) is 0 Å². The number of aliphatic carboxylic acids is 1. The molecule has 0 aliphatic heterocycles. The average Bonchev–Trinajstić information content (AvgIpc) is 2.52. The highest BCUT2D eigenvalue weighted by molar-refractivity contribution is 14.1. The Morgan fingerprint density at radius 3 is 2.32 bits per heavy atom. The van der Waals surface area contributed by atoms with Gasteiger partial charge in [-0.25, -0.2) is 4.79 Å². The number of anilines is 1. The molecule has 22 heavy (non-hydrogen) atoms. The number of para-hydroxylation sites is 1. The minimum Gasteiger partial charge on any atom is -0.480 e. The van der Waals surface area contributed by atoms with Crippen molar-refractivity contribution in [2.75, 3.05) is 11.4 Å². The molecule has 6 heteroatoms. The van der Waals surface area contributed by atoms with Crippen LogP contribution in [-0.4, -0.2) is 23.7 Å². The van der Waals surface area contributed by atoms with Gasteiger partial charge in [-0.05, 0) is 40.3 Å². The zero-order chi connectivity index (χ0) is 15.9. The molecule has 0 aliphatic carbocycles. The molecular weight excluding hydrogens is 397 g/mol. The van der Waals surface area contributed by atoms with E-state index in [1.54, 1.807) is 18.2 Å². The first-order valence-corrected chi connectivity index (χ1v) is 7.60. The van der Waals surface area contributed by atoms with E-state index >= 15 is 0 Å². The molecule has 0 saturated heterocycles. The van der Waals surface area contributed by atoms with Crippen molar-refractivity contribution in [2.45, 2.75) is 6.61 Å². The van der Waals surface area contributed by atoms with Crippen LogP contribution in [0.3, 0.4) is 0 Å². The fraction of sp³-hybridized carbons (Fsp3) is 0.125. The minimum atomic E-state index is -1.10. The van der Waals surface area contributed by atoms with E-state index in [4.69, 9.17) is 9.84 Å². The Morgan fingerprint density at radius 1 is 1.05 bits per heavy atom. The average molecular weight is 411 g/mol. The van der Waals surface area contributed by atoms with E-state index in [1.165, 1.54) is 0 Å². The molecule has 0 atom stereocenters. The van der Waals surface area contributed by atoms with Gasteiger partial charge in [-0.1, -0.05) is 42.5 Å². The van der Waals surface area contributed by atoms with E-state index in [2.05, 4.69) is 22.6 Å². The number of benzene rings is 2. The summed E-state index contributed by atoms with van der Waals surface area (Å²) in [7, 11) is 0. The molecule has 0 spiro atoms. The van der Waals surface area contributed by atoms with Crippen molar-refractivity contribution >= 4 is 40.3 Å². The van der Waals surface area contributed by atoms with Crippen molar-refractivity contribution in [3.05, 3.63) is 63.7 Å². The summed E-state index contributed by atoms with van der Waals surface area (Å²) in [5, 5.41) is 9.02. The van der Waals surface area contributed by atoms with Crippen LogP contribution in [0.4, 0.5) is 10.5 Å². The van der Waals surface area contributed by atoms with Crippen LogP contribution >= 0.6 is 22.6 Å². The molecule has 0 radical (unpaired) electrons. The molecule has 1 amide bonds. The Hall–Kier alpha value is -2.09. The Morgan fingerprint density at radius 2 is 1.68 bits per heavy atom. The number of carbonyl (C=O) groups is 2. The molecule has 114 valence electrons. The lowest BCUT2D eigenvalue weighted by Gasteiger charge is -2.21. The number of ether oxygens (including phenoxy) is 1. The molecule has 0 unspecified atom stereocenters. The lowest BCUT2D eigenvalue weighted by Crippen LogP contribution is -2.36. The Kier molecular flexibility index (Phi) is 5.76. The molecule has 2 aromatic carbocycles. The highest BCUT2D eigenvalue weighted by atomic mass is 127. The third-order valence-corrected chi connectivity index (χ3v) is 3.77. The molecule has 0 saturated carbocycles. The maximum atomic E-state index is 12.2. The van der Waals surface area contributed by atoms with E-state index in [0.717, 1.165) is 14.0 Å². The van der Waals surface area contributed by atoms with Gasteiger partial charge in [0.15, 0.2) is 0 Å². The van der Waals surface area contributed by atoms with Gasteiger partial charge in [0.05, 0.1) is 5.69 Å². The fourth-order valence-corrected chi connectivity index (χ4v) is 2.53. The summed E-state index contributed by atoms with van der Waals surface area (Å²) in [5.74, 6) is -1.10. The van der Waals surface area contributed by atoms with E-state index < -0.39 is 18.6 Å². The zero-order valence-electron chi connectivity index (χ0n) is 11.6. The molecule has 0 bridgehead atoms. The number of amides is 1. The predicted molar refractivity (Wildman–Crippen MR) is 90.8 cm³/mol. The molecule has 2 rings (SSSR count). The molecular formula is C16H14INO4. The lowest BCUT2D eigenvalue weighted by molar-refractivity contribution is -0.135. The van der Waals surface area contributed by atoms with Crippen LogP contribution in [0.5, 0.6) is 0 Å². The van der Waals surface area contributed by atoms with Gasteiger partial charge in [-0.3, -0.25) is 9.69 Å². The summed E-state index contributed by atoms with van der Waals surface area (Å²) < 4.78 is 6.00. The second-order valence-corrected chi connectivity index (χ2v) is 5.63. The Labute approximate surface area is 141 Å². The zero-order valence-corrected chi connectivity index (χ0v) is 13.8. The van der Waals surface area contributed by atoms with Crippen LogP contribution in [0.25, 0.3) is 0 Å². The lowest BCUT2D eigenvalue weighted by atomic mass is 10.2. The molecule has 1 N–H and O–H groups in total. The third kappa shape index (κ3) is 4.45. The number of carboxylic acid groups (broad SMARTS) is 1. The summed E-state index contributed by atoms with van der Waals surface area (Å²) in [6.45, 7) is -0.354. The molecule has 0 heterocycles. The van der Waals surface area contributed by atoms with Crippen molar-refractivity contribution in [2.24, 2.45) is 0 Å². The topological polar surface area (TPSA) is 66.8 Å². The normalized spacial score (nSPS) is 10.0. The van der Waals surface area contributed by atoms with Crippen molar-refractivity contribution in [3.63, 3.8) is 0 Å². The number of nitrogens with zero attached hydrogens (tertiary/aromatic N) is 1. The monoisotopic (exact) mass is 411 g/mol. The van der Waals surface area contributed by atoms with Gasteiger partial charge in [0.2, 0.25) is 0 Å². The number of hydrogen-bond acceptors (Lipinski definition) is 3. The maximum Gasteiger partial charge on any atom is 0.415 e. The maximum absolute atomic E-state index is 12.2. The van der Waals surface area contributed by atoms with Crippen LogP contribution < -0.4 is 4.90 Å². The summed E-state index contributed by atoms with van der Waals surface area (Å²) in [6, 6.07) is 16.3. The first-order valence-electron chi connectivity index (χ1n) is 6.52. The smallest absolute Gasteiger partial charge is 0.415 e. The second-order valence-electron chi connectivity index (χ2n) is 4.47. The summed E-state index contributed by atoms with van der Waals surface area (Å²) >= 11 is 2.05. The number of hydrogen-bond donors (Lipinski definition) is 1. The molecule has 5 nitrogen and oxygen atoms in total. The first-order chi connectivity index (χ1) is 10.6. The largest absolute Gasteiger partial charge is 0.480 e. The second kappa shape index (κ2) is 7.79. The highest BCUT2D eigenvalue weighted by Gasteiger charge is 2.22. The number of carboxylic acids is 1. The fourth-order valence-electron chi connectivity index (χ4n) is 1.85. The molecule has 0 aromatic heterocycles. The van der Waals surface area contributed by atoms with Gasteiger partial charge in [0.25, 0.3) is 0 Å². The quantitative estimate of drug-likeness (QED) is 0.765. The Bertz CT molecular complexity index is 660. The van der Waals surface area contributed by atoms with Crippen molar-refractivity contribution in [3.8, 4) is 0 Å². The molecule has 2 aromatic rings. The Balaban J connectivity index is 2.13. The van der Waals surface area contributed by atoms with Crippen LogP contribution in [0.1, 0.15) is 5.56 Å². The van der Waals surface area contributed by atoms with Crippen LogP contribution in [-0.2, 0) is 16.1 Å². The SMILES string of the molecule is O=C(O)CN(C(=O)OCc1ccccc1)c1ccccc1I. The van der Waals surface area contributed by atoms with Gasteiger partial charge < -0.3 is 9.84 Å². The third-order valence-electron chi connectivity index (χ3n) is 2.86. The minimum absolute atomic E-state index is 0.0964. The number of carbonyl (C=O) groups excluding carboxylic acids is 1.